The Kier molecular flexibility index (Phi) is 5.64. The van der Waals surface area contributed by atoms with Crippen LogP contribution in [0.5, 0.6) is 0 Å². The molecule has 2 rings (SSSR count). The number of alkyl halides is 3. The first kappa shape index (κ1) is 17.7. The zero-order chi connectivity index (χ0) is 17.0. The minimum absolute atomic E-state index is 0.104. The number of carbonyl (C=O) groups excluding carboxylic acids is 1. The molecule has 0 aromatic heterocycles. The van der Waals surface area contributed by atoms with Crippen molar-refractivity contribution in [3.05, 3.63) is 35.4 Å². The van der Waals surface area contributed by atoms with Crippen molar-refractivity contribution in [2.75, 3.05) is 20.3 Å². The normalized spacial score (nSPS) is 21.7. The highest BCUT2D eigenvalue weighted by Crippen LogP contribution is 2.24. The van der Waals surface area contributed by atoms with Crippen LogP contribution < -0.4 is 0 Å². The molecule has 1 saturated heterocycles. The lowest BCUT2D eigenvalue weighted by Gasteiger charge is -2.22. The molecule has 1 N–H and O–H groups in total. The van der Waals surface area contributed by atoms with Crippen LogP contribution in [0, 0.1) is 0 Å². The summed E-state index contributed by atoms with van der Waals surface area (Å²) in [6, 6.07) is 5.84. The Morgan fingerprint density at radius 3 is 2.52 bits per heavy atom. The quantitative estimate of drug-likeness (QED) is 0.901. The lowest BCUT2D eigenvalue weighted by atomic mass is 10.1. The summed E-state index contributed by atoms with van der Waals surface area (Å²) in [5.41, 5.74) is 0.935. The highest BCUT2D eigenvalue weighted by Gasteiger charge is 2.35. The van der Waals surface area contributed by atoms with Gasteiger partial charge in [-0.25, -0.2) is 0 Å². The van der Waals surface area contributed by atoms with E-state index in [1.807, 2.05) is 0 Å². The predicted octanol–water partition coefficient (Wildman–Crippen LogP) is 2.40. The fourth-order valence-electron chi connectivity index (χ4n) is 2.73. The molecule has 1 aromatic carbocycles. The summed E-state index contributed by atoms with van der Waals surface area (Å²) in [5, 5.41) is 9.38. The number of aliphatic hydroxyl groups is 1. The Morgan fingerprint density at radius 1 is 1.35 bits per heavy atom. The van der Waals surface area contributed by atoms with E-state index in [4.69, 9.17) is 4.74 Å². The summed E-state index contributed by atoms with van der Waals surface area (Å²) in [4.78, 5) is 14.0. The number of likely N-dealkylation sites (tertiary alicyclic amines) is 1. The molecule has 0 bridgehead atoms. The van der Waals surface area contributed by atoms with Gasteiger partial charge >= 0.3 is 6.18 Å². The number of carbonyl (C=O) groups is 1. The Morgan fingerprint density at radius 2 is 2.00 bits per heavy atom. The molecule has 1 amide bonds. The van der Waals surface area contributed by atoms with E-state index in [1.165, 1.54) is 24.3 Å². The van der Waals surface area contributed by atoms with Crippen molar-refractivity contribution in [2.45, 2.75) is 37.6 Å². The smallest absolute Gasteiger partial charge is 0.389 e. The van der Waals surface area contributed by atoms with E-state index >= 15 is 0 Å². The molecule has 1 aliphatic rings. The third-order valence-electron chi connectivity index (χ3n) is 4.08. The van der Waals surface area contributed by atoms with Gasteiger partial charge < -0.3 is 14.7 Å². The Bertz CT molecular complexity index is 530. The van der Waals surface area contributed by atoms with E-state index in [0.717, 1.165) is 0 Å². The number of hydrogen-bond acceptors (Lipinski definition) is 3. The fourth-order valence-corrected chi connectivity index (χ4v) is 2.73. The monoisotopic (exact) mass is 331 g/mol. The summed E-state index contributed by atoms with van der Waals surface area (Å²) in [6.45, 7) is 0.256. The van der Waals surface area contributed by atoms with Crippen LogP contribution in [0.2, 0.25) is 0 Å². The van der Waals surface area contributed by atoms with Gasteiger partial charge in [0.1, 0.15) is 0 Å². The number of benzene rings is 1. The fraction of sp³-hybridized carbons (Fsp3) is 0.562. The Hall–Kier alpha value is -1.60. The van der Waals surface area contributed by atoms with Gasteiger partial charge in [-0.2, -0.15) is 13.2 Å². The van der Waals surface area contributed by atoms with Gasteiger partial charge in [0.15, 0.2) is 0 Å². The van der Waals surface area contributed by atoms with E-state index in [2.05, 4.69) is 0 Å². The highest BCUT2D eigenvalue weighted by atomic mass is 19.4. The number of amides is 1. The zero-order valence-electron chi connectivity index (χ0n) is 12.8. The van der Waals surface area contributed by atoms with E-state index in [9.17, 15) is 23.1 Å². The van der Waals surface area contributed by atoms with Crippen LogP contribution in [0.1, 0.15) is 28.8 Å². The summed E-state index contributed by atoms with van der Waals surface area (Å²) in [6.07, 6.45) is -4.71. The topological polar surface area (TPSA) is 49.8 Å². The van der Waals surface area contributed by atoms with Crippen LogP contribution in [0.25, 0.3) is 0 Å². The van der Waals surface area contributed by atoms with Gasteiger partial charge in [-0.15, -0.1) is 0 Å². The van der Waals surface area contributed by atoms with E-state index in [0.29, 0.717) is 24.1 Å². The number of aryl methyl sites for hydroxylation is 1. The molecule has 0 radical (unpaired) electrons. The largest absolute Gasteiger partial charge is 0.394 e. The molecule has 0 saturated carbocycles. The minimum Gasteiger partial charge on any atom is -0.394 e. The number of nitrogens with zero attached hydrogens (tertiary/aromatic N) is 1. The van der Waals surface area contributed by atoms with Crippen molar-refractivity contribution < 1.29 is 27.8 Å². The average molecular weight is 331 g/mol. The second kappa shape index (κ2) is 7.31. The van der Waals surface area contributed by atoms with Gasteiger partial charge in [-0.05, 0) is 30.5 Å². The molecule has 1 fully saturated rings. The van der Waals surface area contributed by atoms with E-state index in [-0.39, 0.29) is 31.1 Å². The van der Waals surface area contributed by atoms with Gasteiger partial charge in [-0.1, -0.05) is 12.1 Å². The van der Waals surface area contributed by atoms with Crippen molar-refractivity contribution in [3.63, 3.8) is 0 Å². The molecule has 1 aromatic rings. The van der Waals surface area contributed by atoms with E-state index < -0.39 is 12.6 Å². The molecular formula is C16H20F3NO3. The molecule has 1 heterocycles. The zero-order valence-corrected chi connectivity index (χ0v) is 12.8. The maximum Gasteiger partial charge on any atom is 0.389 e. The van der Waals surface area contributed by atoms with Crippen molar-refractivity contribution in [1.29, 1.82) is 0 Å². The molecule has 0 spiro atoms. The number of rotatable bonds is 5. The molecule has 7 heteroatoms. The molecular weight excluding hydrogens is 311 g/mol. The van der Waals surface area contributed by atoms with E-state index in [1.54, 1.807) is 12.0 Å². The summed E-state index contributed by atoms with van der Waals surface area (Å²) < 4.78 is 41.9. The van der Waals surface area contributed by atoms with Crippen LogP contribution >= 0.6 is 0 Å². The van der Waals surface area contributed by atoms with Crippen LogP contribution in [0.3, 0.4) is 0 Å². The first-order chi connectivity index (χ1) is 10.8. The van der Waals surface area contributed by atoms with Gasteiger partial charge in [0.25, 0.3) is 5.91 Å². The molecule has 23 heavy (non-hydrogen) atoms. The molecule has 1 aliphatic heterocycles. The number of halogens is 3. The molecule has 0 unspecified atom stereocenters. The highest BCUT2D eigenvalue weighted by molar-refractivity contribution is 5.94. The first-order valence-electron chi connectivity index (χ1n) is 7.44. The standard InChI is InChI=1S/C16H20F3NO3/c1-23-14-8-13(10-21)20(9-14)15(22)12-4-2-11(3-5-12)6-7-16(17,18)19/h2-5,13-14,21H,6-10H2,1H3/t13-,14-/m0/s1. The lowest BCUT2D eigenvalue weighted by Crippen LogP contribution is -2.38. The summed E-state index contributed by atoms with van der Waals surface area (Å²) in [5.74, 6) is -0.244. The third-order valence-corrected chi connectivity index (χ3v) is 4.08. The third kappa shape index (κ3) is 4.68. The average Bonchev–Trinajstić information content (AvgIpc) is 2.95. The second-order valence-corrected chi connectivity index (χ2v) is 5.70. The maximum atomic E-state index is 12.5. The van der Waals surface area contributed by atoms with Gasteiger partial charge in [-0.3, -0.25) is 4.79 Å². The van der Waals surface area contributed by atoms with Gasteiger partial charge in [0.2, 0.25) is 0 Å². The van der Waals surface area contributed by atoms with Crippen LogP contribution in [-0.2, 0) is 11.2 Å². The molecule has 0 aliphatic carbocycles. The van der Waals surface area contributed by atoms with Gasteiger partial charge in [0, 0.05) is 25.6 Å². The SMILES string of the molecule is CO[C@H]1C[C@@H](CO)N(C(=O)c2ccc(CCC(F)(F)F)cc2)C1. The number of hydrogen-bond donors (Lipinski definition) is 1. The van der Waals surface area contributed by atoms with Crippen molar-refractivity contribution >= 4 is 5.91 Å². The maximum absolute atomic E-state index is 12.5. The Labute approximate surface area is 132 Å². The predicted molar refractivity (Wildman–Crippen MR) is 78.1 cm³/mol. The Balaban J connectivity index is 2.02. The van der Waals surface area contributed by atoms with Crippen molar-refractivity contribution in [2.24, 2.45) is 0 Å². The van der Waals surface area contributed by atoms with Crippen molar-refractivity contribution in [3.8, 4) is 0 Å². The molecule has 4 nitrogen and oxygen atoms in total. The number of aliphatic hydroxyl groups excluding tert-OH is 1. The summed E-state index contributed by atoms with van der Waals surface area (Å²) in [7, 11) is 1.56. The second-order valence-electron chi connectivity index (χ2n) is 5.70. The van der Waals surface area contributed by atoms with Gasteiger partial charge in [0.05, 0.1) is 18.8 Å². The molecule has 2 atom stereocenters. The van der Waals surface area contributed by atoms with Crippen LogP contribution in [-0.4, -0.2) is 54.5 Å². The van der Waals surface area contributed by atoms with Crippen LogP contribution in [0.15, 0.2) is 24.3 Å². The number of methoxy groups -OCH3 is 1. The van der Waals surface area contributed by atoms with Crippen molar-refractivity contribution in [1.82, 2.24) is 4.90 Å². The summed E-state index contributed by atoms with van der Waals surface area (Å²) >= 11 is 0. The number of ether oxygens (including phenoxy) is 1. The van der Waals surface area contributed by atoms with Crippen LogP contribution in [0.4, 0.5) is 13.2 Å². The first-order valence-corrected chi connectivity index (χ1v) is 7.44. The lowest BCUT2D eigenvalue weighted by molar-refractivity contribution is -0.134. The molecule has 128 valence electrons. The minimum atomic E-state index is -4.19.